The van der Waals surface area contributed by atoms with Crippen LogP contribution in [0.1, 0.15) is 0 Å². The largest absolute Gasteiger partial charge is 0.867 e. The van der Waals surface area contributed by atoms with E-state index in [1.807, 2.05) is 0 Å². The van der Waals surface area contributed by atoms with E-state index in [0.29, 0.717) is 0 Å². The zero-order valence-corrected chi connectivity index (χ0v) is 19.8. The van der Waals surface area contributed by atoms with E-state index in [2.05, 4.69) is 15.0 Å². The van der Waals surface area contributed by atoms with Crippen molar-refractivity contribution in [1.29, 1.82) is 0 Å². The van der Waals surface area contributed by atoms with Crippen molar-refractivity contribution >= 4 is 40.0 Å². The van der Waals surface area contributed by atoms with Crippen molar-refractivity contribution < 1.29 is 40.3 Å². The molecule has 13 heteroatoms. The number of pyridine rings is 3. The van der Waals surface area contributed by atoms with Crippen LogP contribution in [-0.4, -0.2) is 22.3 Å². The molecule has 0 bridgehead atoms. The van der Waals surface area contributed by atoms with Crippen LogP contribution < -0.4 is 14.0 Å². The van der Waals surface area contributed by atoms with Gasteiger partial charge in [-0.15, -0.1) is 0 Å². The molecule has 3 heterocycles. The zero-order valence-electron chi connectivity index (χ0n) is 19.8. The minimum atomic E-state index is -2.41. The topological polar surface area (TPSA) is 66.4 Å². The van der Waals surface area contributed by atoms with Crippen LogP contribution in [0.5, 0.6) is 17.6 Å². The van der Waals surface area contributed by atoms with E-state index in [4.69, 9.17) is 14.0 Å². The number of benzene rings is 3. The fraction of sp³-hybridized carbons (Fsp3) is 0. The maximum atomic E-state index is 14.9. The molecule has 6 rings (SSSR count). The van der Waals surface area contributed by atoms with E-state index in [-0.39, 0.29) is 32.7 Å². The average Bonchev–Trinajstić information content (AvgIpc) is 2.97. The molecule has 0 fully saturated rings. The van der Waals surface area contributed by atoms with Gasteiger partial charge in [-0.25, -0.2) is 28.1 Å². The van der Waals surface area contributed by atoms with Crippen LogP contribution in [0, 0.1) is 34.9 Å². The van der Waals surface area contributed by atoms with Gasteiger partial charge in [0, 0.05) is 16.2 Å². The Hall–Kier alpha value is -5.07. The summed E-state index contributed by atoms with van der Waals surface area (Å²) in [7, 11) is -2.41. The summed E-state index contributed by atoms with van der Waals surface area (Å²) in [6, 6.07) is 16.7. The molecule has 40 heavy (non-hydrogen) atoms. The van der Waals surface area contributed by atoms with Gasteiger partial charge in [-0.3, -0.25) is 0 Å². The molecule has 0 spiro atoms. The first-order valence-corrected chi connectivity index (χ1v) is 11.5. The third-order valence-corrected chi connectivity index (χ3v) is 5.85. The number of para-hydroxylation sites is 3. The highest BCUT2D eigenvalue weighted by molar-refractivity contribution is 6.39. The fourth-order valence-electron chi connectivity index (χ4n) is 3.96. The molecule has 3 aromatic carbocycles. The van der Waals surface area contributed by atoms with Gasteiger partial charge in [0.25, 0.3) is 0 Å². The first-order valence-electron chi connectivity index (χ1n) is 11.5. The Kier molecular flexibility index (Phi) is 6.25. The van der Waals surface area contributed by atoms with E-state index >= 15 is 0 Å². The maximum absolute atomic E-state index is 14.9. The van der Waals surface area contributed by atoms with Crippen molar-refractivity contribution in [3.8, 4) is 17.6 Å². The van der Waals surface area contributed by atoms with E-state index in [0.717, 1.165) is 0 Å². The van der Waals surface area contributed by atoms with Crippen molar-refractivity contribution in [1.82, 2.24) is 15.0 Å². The third kappa shape index (κ3) is 4.34. The highest BCUT2D eigenvalue weighted by atomic mass is 19.2. The molecule has 0 radical (unpaired) electrons. The van der Waals surface area contributed by atoms with Gasteiger partial charge in [0.2, 0.25) is 35.1 Å². The van der Waals surface area contributed by atoms with Crippen molar-refractivity contribution in [2.45, 2.75) is 0 Å². The Labute approximate surface area is 221 Å². The van der Waals surface area contributed by atoms with E-state index in [1.165, 1.54) is 72.8 Å². The lowest BCUT2D eigenvalue weighted by atomic mass is 10.1. The van der Waals surface area contributed by atoms with Crippen molar-refractivity contribution in [3.05, 3.63) is 108 Å². The quantitative estimate of drug-likeness (QED) is 0.170. The average molecular weight is 551 g/mol. The lowest BCUT2D eigenvalue weighted by molar-refractivity contribution is 0.268. The molecule has 0 aliphatic heterocycles. The first kappa shape index (κ1) is 25.2. The zero-order chi connectivity index (χ0) is 28.0. The van der Waals surface area contributed by atoms with Gasteiger partial charge in [-0.2, -0.15) is 13.2 Å². The lowest BCUT2D eigenvalue weighted by Crippen LogP contribution is -2.39. The molecule has 6 nitrogen and oxygen atoms in total. The van der Waals surface area contributed by atoms with Gasteiger partial charge >= 0.3 is 7.32 Å². The summed E-state index contributed by atoms with van der Waals surface area (Å²) in [5.41, 5.74) is -0.133. The van der Waals surface area contributed by atoms with Crippen LogP contribution in [0.3, 0.4) is 0 Å². The molecular formula is C27H12BF6N3O3. The second-order valence-electron chi connectivity index (χ2n) is 8.33. The molecule has 3 aromatic heterocycles. The molecule has 0 saturated carbocycles. The van der Waals surface area contributed by atoms with Gasteiger partial charge in [0.05, 0.1) is 16.6 Å². The fourth-order valence-corrected chi connectivity index (χ4v) is 3.96. The number of fused-ring (bicyclic) bond motifs is 3. The van der Waals surface area contributed by atoms with Crippen molar-refractivity contribution in [2.75, 3.05) is 0 Å². The molecule has 0 aliphatic carbocycles. The smallest absolute Gasteiger partial charge is 0.472 e. The van der Waals surface area contributed by atoms with Crippen LogP contribution in [0.4, 0.5) is 26.3 Å². The Morgan fingerprint density at radius 1 is 0.400 bits per heavy atom. The number of hydrogen-bond donors (Lipinski definition) is 0. The molecule has 0 unspecified atom stereocenters. The summed E-state index contributed by atoms with van der Waals surface area (Å²) in [6.45, 7) is 0. The molecule has 0 N–H and O–H groups in total. The minimum Gasteiger partial charge on any atom is -0.472 e. The number of rotatable bonds is 6. The van der Waals surface area contributed by atoms with E-state index in [1.54, 1.807) is 0 Å². The van der Waals surface area contributed by atoms with E-state index < -0.39 is 59.9 Å². The SMILES string of the molecule is Fc1c(OB(Oc2nc3ccccc3c(F)c2F)Oc2nc3ccccc3c(F)c2F)nc2ccccc2c1F. The van der Waals surface area contributed by atoms with Crippen LogP contribution in [0.15, 0.2) is 72.8 Å². The predicted octanol–water partition coefficient (Wildman–Crippen LogP) is 6.69. The van der Waals surface area contributed by atoms with Crippen LogP contribution >= 0.6 is 0 Å². The maximum Gasteiger partial charge on any atom is 0.867 e. The molecule has 0 saturated heterocycles. The molecule has 0 amide bonds. The Bertz CT molecular complexity index is 1720. The monoisotopic (exact) mass is 551 g/mol. The Morgan fingerprint density at radius 3 is 0.975 bits per heavy atom. The second kappa shape index (κ2) is 9.91. The summed E-state index contributed by atoms with van der Waals surface area (Å²) >= 11 is 0. The van der Waals surface area contributed by atoms with Crippen molar-refractivity contribution in [2.24, 2.45) is 0 Å². The normalized spacial score (nSPS) is 11.2. The number of halogens is 6. The third-order valence-electron chi connectivity index (χ3n) is 5.85. The highest BCUT2D eigenvalue weighted by Crippen LogP contribution is 2.30. The summed E-state index contributed by atoms with van der Waals surface area (Å²) < 4.78 is 105. The highest BCUT2D eigenvalue weighted by Gasteiger charge is 2.37. The summed E-state index contributed by atoms with van der Waals surface area (Å²) in [5, 5.41) is -0.543. The van der Waals surface area contributed by atoms with Gasteiger partial charge in [-0.05, 0) is 36.4 Å². The van der Waals surface area contributed by atoms with Crippen LogP contribution in [0.2, 0.25) is 0 Å². The molecule has 0 aliphatic rings. The number of aromatic nitrogens is 3. The number of hydrogen-bond acceptors (Lipinski definition) is 6. The Morgan fingerprint density at radius 2 is 0.675 bits per heavy atom. The van der Waals surface area contributed by atoms with Gasteiger partial charge in [0.1, 0.15) is 0 Å². The summed E-state index contributed by atoms with van der Waals surface area (Å²) in [5.74, 6) is -11.9. The van der Waals surface area contributed by atoms with Gasteiger partial charge in [-0.1, -0.05) is 36.4 Å². The Balaban J connectivity index is 1.45. The lowest BCUT2D eigenvalue weighted by Gasteiger charge is -2.17. The molecule has 0 atom stereocenters. The second-order valence-corrected chi connectivity index (χ2v) is 8.33. The molecule has 198 valence electrons. The standard InChI is InChI=1S/C27H12BF6N3O3/c29-19-13-7-1-4-10-16(13)35-25(22(19)32)38-28(39-26-23(33)20(30)14-8-2-5-11-17(14)36-26)40-27-24(34)21(31)15-9-3-6-12-18(15)37-27/h1-12H. The van der Waals surface area contributed by atoms with Gasteiger partial charge in [0.15, 0.2) is 17.5 Å². The first-order chi connectivity index (χ1) is 19.3. The molecular weight excluding hydrogens is 539 g/mol. The van der Waals surface area contributed by atoms with Crippen LogP contribution in [-0.2, 0) is 0 Å². The minimum absolute atomic E-state index is 0.0442. The summed E-state index contributed by atoms with van der Waals surface area (Å²) in [6.07, 6.45) is 0. The van der Waals surface area contributed by atoms with Crippen molar-refractivity contribution in [3.63, 3.8) is 0 Å². The molecule has 6 aromatic rings. The van der Waals surface area contributed by atoms with Crippen LogP contribution in [0.25, 0.3) is 32.7 Å². The predicted molar refractivity (Wildman–Crippen MR) is 133 cm³/mol. The van der Waals surface area contributed by atoms with E-state index in [9.17, 15) is 26.3 Å². The number of nitrogens with zero attached hydrogens (tertiary/aromatic N) is 3. The van der Waals surface area contributed by atoms with Gasteiger partial charge < -0.3 is 14.0 Å². The summed E-state index contributed by atoms with van der Waals surface area (Å²) in [4.78, 5) is 11.6.